The predicted molar refractivity (Wildman–Crippen MR) is 80.1 cm³/mol. The van der Waals surface area contributed by atoms with Crippen LogP contribution >= 0.6 is 23.1 Å². The van der Waals surface area contributed by atoms with Crippen LogP contribution in [0.4, 0.5) is 0 Å². The number of β-lactam (4-membered cyclic amide) rings is 1. The Bertz CT molecular complexity index is 670. The summed E-state index contributed by atoms with van der Waals surface area (Å²) in [5, 5.41) is 22.5. The van der Waals surface area contributed by atoms with E-state index in [4.69, 9.17) is 0 Å². The molecule has 0 bridgehead atoms. The average Bonchev–Trinajstić information content (AvgIpc) is 2.93. The van der Waals surface area contributed by atoms with Crippen molar-refractivity contribution in [1.82, 2.24) is 10.2 Å². The van der Waals surface area contributed by atoms with E-state index in [9.17, 15) is 24.6 Å². The molecule has 3 rings (SSSR count). The molecule has 0 spiro atoms. The van der Waals surface area contributed by atoms with Crippen LogP contribution in [0.1, 0.15) is 11.3 Å². The van der Waals surface area contributed by atoms with E-state index in [0.717, 1.165) is 21.5 Å². The highest BCUT2D eigenvalue weighted by Gasteiger charge is 2.49. The normalized spacial score (nSPS) is 23.8. The van der Waals surface area contributed by atoms with Crippen LogP contribution in [0.3, 0.4) is 0 Å². The van der Waals surface area contributed by atoms with Crippen molar-refractivity contribution in [3.8, 4) is 0 Å². The molecule has 22 heavy (non-hydrogen) atoms. The van der Waals surface area contributed by atoms with Crippen molar-refractivity contribution in [2.75, 3.05) is 0 Å². The molecule has 9 heteroatoms. The number of amides is 2. The molecule has 0 aromatic carbocycles. The molecule has 3 N–H and O–H groups in total. The highest BCUT2D eigenvalue weighted by atomic mass is 32.2. The number of hydrogen-bond donors (Lipinski definition) is 3. The number of rotatable bonds is 4. The van der Waals surface area contributed by atoms with Gasteiger partial charge in [0.2, 0.25) is 11.8 Å². The zero-order chi connectivity index (χ0) is 15.9. The molecule has 1 aromatic rings. The van der Waals surface area contributed by atoms with Gasteiger partial charge in [-0.3, -0.25) is 14.5 Å². The van der Waals surface area contributed by atoms with E-state index < -0.39 is 22.8 Å². The number of carbonyl (C=O) groups excluding carboxylic acids is 2. The van der Waals surface area contributed by atoms with Crippen LogP contribution in [-0.2, 0) is 20.8 Å². The number of thiophene rings is 1. The molecule has 0 saturated carbocycles. The number of aliphatic carboxylic acids is 1. The number of carboxylic acid groups (broad SMARTS) is 1. The Morgan fingerprint density at radius 1 is 1.45 bits per heavy atom. The lowest BCUT2D eigenvalue weighted by molar-refractivity contribution is -0.146. The Hall–Kier alpha value is -2.00. The molecule has 0 radical (unpaired) electrons. The maximum atomic E-state index is 12.0. The van der Waals surface area contributed by atoms with E-state index >= 15 is 0 Å². The van der Waals surface area contributed by atoms with E-state index in [0.29, 0.717) is 0 Å². The number of thioether (sulfide) groups is 1. The number of hydrogen-bond acceptors (Lipinski definition) is 6. The second-order valence-corrected chi connectivity index (χ2v) is 7.12. The quantitative estimate of drug-likeness (QED) is 0.703. The maximum Gasteiger partial charge on any atom is 0.356 e. The molecule has 116 valence electrons. The van der Waals surface area contributed by atoms with E-state index in [2.05, 4.69) is 5.32 Å². The van der Waals surface area contributed by atoms with Crippen molar-refractivity contribution in [2.24, 2.45) is 0 Å². The molecule has 2 amide bonds. The molecule has 1 aromatic heterocycles. The number of nitrogens with zero attached hydrogens (tertiary/aromatic N) is 1. The summed E-state index contributed by atoms with van der Waals surface area (Å²) in [5.41, 5.74) is -0.443. The van der Waals surface area contributed by atoms with Gasteiger partial charge in [-0.1, -0.05) is 6.07 Å². The molecule has 3 heterocycles. The molecule has 7 nitrogen and oxygen atoms in total. The molecular formula is C13H12N2O5S2. The third-order valence-corrected chi connectivity index (χ3v) is 5.52. The average molecular weight is 340 g/mol. The summed E-state index contributed by atoms with van der Waals surface area (Å²) in [4.78, 5) is 36.7. The van der Waals surface area contributed by atoms with Crippen LogP contribution in [0.2, 0.25) is 0 Å². The second kappa shape index (κ2) is 5.65. The Balaban J connectivity index is 1.76. The Morgan fingerprint density at radius 2 is 2.23 bits per heavy atom. The van der Waals surface area contributed by atoms with Crippen molar-refractivity contribution in [3.05, 3.63) is 33.8 Å². The van der Waals surface area contributed by atoms with Crippen LogP contribution in [0.15, 0.2) is 29.0 Å². The number of fused-ring (bicyclic) bond motifs is 1. The van der Waals surface area contributed by atoms with E-state index in [1.807, 2.05) is 17.5 Å². The van der Waals surface area contributed by atoms with E-state index in [1.165, 1.54) is 11.3 Å². The fraction of sp³-hybridized carbons (Fsp3) is 0.308. The third-order valence-electron chi connectivity index (χ3n) is 3.34. The Kier molecular flexibility index (Phi) is 3.83. The van der Waals surface area contributed by atoms with E-state index in [-0.39, 0.29) is 30.0 Å². The predicted octanol–water partition coefficient (Wildman–Crippen LogP) is 0.892. The molecular weight excluding hydrogens is 328 g/mol. The monoisotopic (exact) mass is 340 g/mol. The van der Waals surface area contributed by atoms with Crippen molar-refractivity contribution in [1.29, 1.82) is 0 Å². The van der Waals surface area contributed by atoms with Crippen LogP contribution in [0.25, 0.3) is 0 Å². The molecule has 0 aliphatic carbocycles. The smallest absolute Gasteiger partial charge is 0.356 e. The minimum atomic E-state index is -1.38. The summed E-state index contributed by atoms with van der Waals surface area (Å²) in [5.74, 6) is -2.53. The van der Waals surface area contributed by atoms with Gasteiger partial charge in [-0.25, -0.2) is 4.79 Å². The summed E-state index contributed by atoms with van der Waals surface area (Å²) in [6.45, 7) is 0. The van der Waals surface area contributed by atoms with Crippen molar-refractivity contribution in [3.63, 3.8) is 0 Å². The fourth-order valence-electron chi connectivity index (χ4n) is 2.32. The topological polar surface area (TPSA) is 107 Å². The first-order valence-corrected chi connectivity index (χ1v) is 8.25. The number of carboxylic acids is 1. The highest BCUT2D eigenvalue weighted by Crippen LogP contribution is 2.42. The Morgan fingerprint density at radius 3 is 2.82 bits per heavy atom. The lowest BCUT2D eigenvalue weighted by Crippen LogP contribution is -2.57. The zero-order valence-electron chi connectivity index (χ0n) is 11.2. The highest BCUT2D eigenvalue weighted by molar-refractivity contribution is 8.00. The van der Waals surface area contributed by atoms with Crippen molar-refractivity contribution in [2.45, 2.75) is 23.6 Å². The minimum absolute atomic E-state index is 0.164. The van der Waals surface area contributed by atoms with Gasteiger partial charge in [0.15, 0.2) is 11.5 Å². The largest absolute Gasteiger partial charge is 0.507 e. The Labute approximate surface area is 133 Å². The summed E-state index contributed by atoms with van der Waals surface area (Å²) in [6, 6.07) is 3.66. The first-order chi connectivity index (χ1) is 10.5. The van der Waals surface area contributed by atoms with Crippen molar-refractivity contribution < 1.29 is 24.6 Å². The van der Waals surface area contributed by atoms with Gasteiger partial charge in [0.1, 0.15) is 5.37 Å². The van der Waals surface area contributed by atoms with Crippen LogP contribution in [-0.4, -0.2) is 43.6 Å². The summed E-state index contributed by atoms with van der Waals surface area (Å²) >= 11 is 2.60. The minimum Gasteiger partial charge on any atom is -0.507 e. The molecule has 2 atom stereocenters. The third kappa shape index (κ3) is 2.57. The molecule has 1 fully saturated rings. The van der Waals surface area contributed by atoms with Crippen LogP contribution in [0.5, 0.6) is 0 Å². The van der Waals surface area contributed by atoms with Crippen molar-refractivity contribution >= 4 is 40.9 Å². The van der Waals surface area contributed by atoms with Gasteiger partial charge >= 0.3 is 5.97 Å². The lowest BCUT2D eigenvalue weighted by atomic mass is 10.1. The van der Waals surface area contributed by atoms with Gasteiger partial charge < -0.3 is 15.5 Å². The van der Waals surface area contributed by atoms with Gasteiger partial charge in [0, 0.05) is 4.88 Å². The zero-order valence-corrected chi connectivity index (χ0v) is 12.8. The molecule has 2 aliphatic heterocycles. The fourth-order valence-corrected chi connectivity index (χ4v) is 4.36. The molecule has 1 saturated heterocycles. The van der Waals surface area contributed by atoms with E-state index in [1.54, 1.807) is 0 Å². The molecule has 2 aliphatic rings. The molecule has 1 unspecified atom stereocenters. The second-order valence-electron chi connectivity index (χ2n) is 4.80. The van der Waals surface area contributed by atoms with Gasteiger partial charge in [0.25, 0.3) is 0 Å². The summed E-state index contributed by atoms with van der Waals surface area (Å²) < 4.78 is 0. The van der Waals surface area contributed by atoms with Gasteiger partial charge in [-0.05, 0) is 11.4 Å². The van der Waals surface area contributed by atoms with Gasteiger partial charge in [-0.15, -0.1) is 23.1 Å². The maximum absolute atomic E-state index is 12.0. The first kappa shape index (κ1) is 14.9. The van der Waals surface area contributed by atoms with Gasteiger partial charge in [0.05, 0.1) is 18.2 Å². The number of nitrogens with one attached hydrogen (secondary N) is 1. The summed E-state index contributed by atoms with van der Waals surface area (Å²) in [6.07, 6.45) is 0.365. The number of carbonyl (C=O) groups is 3. The van der Waals surface area contributed by atoms with Crippen LogP contribution in [0, 0.1) is 0 Å². The number of aliphatic hydroxyl groups is 1. The summed E-state index contributed by atoms with van der Waals surface area (Å²) in [7, 11) is 0. The lowest BCUT2D eigenvalue weighted by Gasteiger charge is -2.45. The number of aliphatic hydroxyl groups excluding tert-OH is 1. The SMILES string of the molecule is O=C(Cc1cccs1)NC1S[C@@H]2CC(=O)N2C(C(=O)O)=C1O. The van der Waals surface area contributed by atoms with Gasteiger partial charge in [-0.2, -0.15) is 0 Å². The first-order valence-electron chi connectivity index (χ1n) is 6.43. The standard InChI is InChI=1S/C13H12N2O5S2/c16-7(4-6-2-1-3-21-6)14-12-11(18)10(13(19)20)15-8(17)5-9(15)22-12/h1-3,9,12,18H,4-5H2,(H,14,16)(H,19,20)/t9-,12?/m1/s1. The van der Waals surface area contributed by atoms with Crippen LogP contribution < -0.4 is 5.32 Å².